The number of nitrogens with zero attached hydrogens (tertiary/aromatic N) is 1. The first-order valence-electron chi connectivity index (χ1n) is 5.58. The van der Waals surface area contributed by atoms with Crippen LogP contribution in [0.15, 0.2) is 0 Å². The monoisotopic (exact) mass is 240 g/mol. The van der Waals surface area contributed by atoms with Gasteiger partial charge in [0, 0.05) is 18.0 Å². The van der Waals surface area contributed by atoms with Crippen molar-refractivity contribution in [3.63, 3.8) is 0 Å². The van der Waals surface area contributed by atoms with Crippen molar-refractivity contribution in [1.82, 2.24) is 10.2 Å². The molecular formula is C11H23F3N2. The van der Waals surface area contributed by atoms with E-state index in [4.69, 9.17) is 0 Å². The molecule has 0 spiro atoms. The fraction of sp³-hybridized carbons (Fsp3) is 1.00. The number of likely N-dealkylation sites (N-methyl/N-ethyl adjacent to an activating group) is 2. The zero-order chi connectivity index (χ0) is 13.0. The molecule has 1 N–H and O–H groups in total. The van der Waals surface area contributed by atoms with Crippen molar-refractivity contribution in [1.29, 1.82) is 0 Å². The van der Waals surface area contributed by atoms with Crippen molar-refractivity contribution in [2.24, 2.45) is 0 Å². The van der Waals surface area contributed by atoms with Crippen LogP contribution in [0.3, 0.4) is 0 Å². The molecular weight excluding hydrogens is 217 g/mol. The minimum absolute atomic E-state index is 0.114. The first-order chi connectivity index (χ1) is 7.17. The maximum absolute atomic E-state index is 12.2. The van der Waals surface area contributed by atoms with E-state index in [1.54, 1.807) is 7.05 Å². The Morgan fingerprint density at radius 3 is 2.00 bits per heavy atom. The van der Waals surface area contributed by atoms with Gasteiger partial charge in [0.2, 0.25) is 0 Å². The van der Waals surface area contributed by atoms with Gasteiger partial charge in [0.05, 0.1) is 0 Å². The molecule has 2 nitrogen and oxygen atoms in total. The van der Waals surface area contributed by atoms with Crippen LogP contribution < -0.4 is 5.32 Å². The largest absolute Gasteiger partial charge is 0.389 e. The van der Waals surface area contributed by atoms with Gasteiger partial charge in [0.1, 0.15) is 0 Å². The summed E-state index contributed by atoms with van der Waals surface area (Å²) in [5, 5.41) is 3.01. The molecule has 0 aromatic rings. The molecule has 0 saturated heterocycles. The van der Waals surface area contributed by atoms with Gasteiger partial charge in [-0.25, -0.2) is 0 Å². The second kappa shape index (κ2) is 5.87. The molecule has 0 heterocycles. The molecule has 0 bridgehead atoms. The van der Waals surface area contributed by atoms with Gasteiger partial charge in [-0.1, -0.05) is 6.92 Å². The predicted octanol–water partition coefficient (Wildman–Crippen LogP) is 2.65. The van der Waals surface area contributed by atoms with E-state index in [1.807, 2.05) is 32.8 Å². The van der Waals surface area contributed by atoms with Gasteiger partial charge in [-0.2, -0.15) is 13.2 Å². The SMILES string of the molecule is CCC(C)(C(CCC(F)(F)F)NC)N(C)C. The Balaban J connectivity index is 4.58. The zero-order valence-electron chi connectivity index (χ0n) is 10.8. The van der Waals surface area contributed by atoms with E-state index in [0.717, 1.165) is 6.42 Å². The fourth-order valence-corrected chi connectivity index (χ4v) is 1.95. The van der Waals surface area contributed by atoms with Gasteiger partial charge in [-0.3, -0.25) is 0 Å². The summed E-state index contributed by atoms with van der Waals surface area (Å²) in [7, 11) is 5.53. The summed E-state index contributed by atoms with van der Waals surface area (Å²) in [4.78, 5) is 1.99. The predicted molar refractivity (Wildman–Crippen MR) is 60.5 cm³/mol. The minimum Gasteiger partial charge on any atom is -0.315 e. The van der Waals surface area contributed by atoms with E-state index >= 15 is 0 Å². The Bertz CT molecular complexity index is 204. The van der Waals surface area contributed by atoms with Crippen molar-refractivity contribution >= 4 is 0 Å². The summed E-state index contributed by atoms with van der Waals surface area (Å²) in [6, 6.07) is -0.158. The topological polar surface area (TPSA) is 15.3 Å². The average Bonchev–Trinajstić information content (AvgIpc) is 2.16. The Labute approximate surface area is 96.2 Å². The highest BCUT2D eigenvalue weighted by Gasteiger charge is 2.36. The molecule has 0 aliphatic heterocycles. The number of hydrogen-bond donors (Lipinski definition) is 1. The molecule has 2 unspecified atom stereocenters. The Morgan fingerprint density at radius 1 is 1.25 bits per heavy atom. The normalized spacial score (nSPS) is 18.6. The minimum atomic E-state index is -4.07. The molecule has 0 amide bonds. The zero-order valence-corrected chi connectivity index (χ0v) is 10.8. The molecule has 0 fully saturated rings. The molecule has 98 valence electrons. The molecule has 0 aromatic heterocycles. The van der Waals surface area contributed by atoms with Crippen molar-refractivity contribution < 1.29 is 13.2 Å². The molecule has 0 rings (SSSR count). The Hall–Kier alpha value is -0.290. The first kappa shape index (κ1) is 15.7. The summed E-state index contributed by atoms with van der Waals surface area (Å²) >= 11 is 0. The van der Waals surface area contributed by atoms with Crippen molar-refractivity contribution in [2.75, 3.05) is 21.1 Å². The van der Waals surface area contributed by atoms with Crippen LogP contribution in [0, 0.1) is 0 Å². The smallest absolute Gasteiger partial charge is 0.315 e. The van der Waals surface area contributed by atoms with Gasteiger partial charge in [-0.15, -0.1) is 0 Å². The lowest BCUT2D eigenvalue weighted by molar-refractivity contribution is -0.138. The number of nitrogens with one attached hydrogen (secondary N) is 1. The van der Waals surface area contributed by atoms with Gasteiger partial charge < -0.3 is 10.2 Å². The summed E-state index contributed by atoms with van der Waals surface area (Å²) in [6.07, 6.45) is -3.89. The van der Waals surface area contributed by atoms with Crippen LogP contribution in [0.5, 0.6) is 0 Å². The lowest BCUT2D eigenvalue weighted by Crippen LogP contribution is -2.56. The number of rotatable bonds is 6. The van der Waals surface area contributed by atoms with Crippen LogP contribution in [0.4, 0.5) is 13.2 Å². The number of alkyl halides is 3. The van der Waals surface area contributed by atoms with E-state index in [2.05, 4.69) is 5.32 Å². The lowest BCUT2D eigenvalue weighted by Gasteiger charge is -2.42. The van der Waals surface area contributed by atoms with Gasteiger partial charge in [-0.05, 0) is 40.9 Å². The van der Waals surface area contributed by atoms with E-state index < -0.39 is 12.6 Å². The molecule has 0 aromatic carbocycles. The van der Waals surface area contributed by atoms with Gasteiger partial charge in [0.25, 0.3) is 0 Å². The molecule has 0 aliphatic rings. The van der Waals surface area contributed by atoms with Crippen molar-refractivity contribution in [3.8, 4) is 0 Å². The van der Waals surface area contributed by atoms with E-state index in [1.165, 1.54) is 0 Å². The number of halogens is 3. The first-order valence-corrected chi connectivity index (χ1v) is 5.58. The van der Waals surface area contributed by atoms with Crippen molar-refractivity contribution in [2.45, 2.75) is 50.9 Å². The summed E-state index contributed by atoms with van der Waals surface area (Å²) in [5.41, 5.74) is -0.250. The molecule has 0 aliphatic carbocycles. The average molecular weight is 240 g/mol. The Kier molecular flexibility index (Phi) is 5.76. The van der Waals surface area contributed by atoms with Crippen LogP contribution in [-0.2, 0) is 0 Å². The molecule has 0 radical (unpaired) electrons. The molecule has 2 atom stereocenters. The van der Waals surface area contributed by atoms with E-state index in [-0.39, 0.29) is 18.0 Å². The van der Waals surface area contributed by atoms with Crippen LogP contribution in [0.2, 0.25) is 0 Å². The maximum Gasteiger partial charge on any atom is 0.389 e. The van der Waals surface area contributed by atoms with E-state index in [0.29, 0.717) is 0 Å². The molecule has 16 heavy (non-hydrogen) atoms. The summed E-state index contributed by atoms with van der Waals surface area (Å²) < 4.78 is 36.6. The summed E-state index contributed by atoms with van der Waals surface area (Å²) in [5.74, 6) is 0. The standard InChI is InChI=1S/C11H23F3N2/c1-6-10(2,16(4)5)9(15-3)7-8-11(12,13)14/h9,15H,6-8H2,1-5H3. The molecule has 5 heteroatoms. The van der Waals surface area contributed by atoms with Crippen molar-refractivity contribution in [3.05, 3.63) is 0 Å². The van der Waals surface area contributed by atoms with Crippen LogP contribution in [-0.4, -0.2) is 43.8 Å². The quantitative estimate of drug-likeness (QED) is 0.768. The maximum atomic E-state index is 12.2. The molecule has 0 saturated carbocycles. The number of hydrogen-bond acceptors (Lipinski definition) is 2. The third-order valence-corrected chi connectivity index (χ3v) is 3.55. The third-order valence-electron chi connectivity index (χ3n) is 3.55. The highest BCUT2D eigenvalue weighted by molar-refractivity contribution is 4.93. The van der Waals surface area contributed by atoms with Gasteiger partial charge >= 0.3 is 6.18 Å². The second-order valence-corrected chi connectivity index (χ2v) is 4.60. The van der Waals surface area contributed by atoms with Crippen LogP contribution in [0.1, 0.15) is 33.1 Å². The van der Waals surface area contributed by atoms with E-state index in [9.17, 15) is 13.2 Å². The highest BCUT2D eigenvalue weighted by Crippen LogP contribution is 2.28. The Morgan fingerprint density at radius 2 is 1.75 bits per heavy atom. The fourth-order valence-electron chi connectivity index (χ4n) is 1.95. The lowest BCUT2D eigenvalue weighted by atomic mass is 9.85. The third kappa shape index (κ3) is 4.29. The van der Waals surface area contributed by atoms with Crippen LogP contribution in [0.25, 0.3) is 0 Å². The second-order valence-electron chi connectivity index (χ2n) is 4.60. The van der Waals surface area contributed by atoms with Gasteiger partial charge in [0.15, 0.2) is 0 Å². The summed E-state index contributed by atoms with van der Waals surface area (Å²) in [6.45, 7) is 3.99. The highest BCUT2D eigenvalue weighted by atomic mass is 19.4. The van der Waals surface area contributed by atoms with Crippen LogP contribution >= 0.6 is 0 Å².